The van der Waals surface area contributed by atoms with E-state index in [1.54, 1.807) is 0 Å². The van der Waals surface area contributed by atoms with Crippen molar-refractivity contribution in [2.24, 2.45) is 28.6 Å². The number of ketones is 1. The lowest BCUT2D eigenvalue weighted by molar-refractivity contribution is -0.148. The van der Waals surface area contributed by atoms with E-state index in [4.69, 9.17) is 4.74 Å². The van der Waals surface area contributed by atoms with Crippen molar-refractivity contribution in [3.63, 3.8) is 0 Å². The number of fused-ring (bicyclic) bond motifs is 5. The molecule has 0 spiro atoms. The van der Waals surface area contributed by atoms with E-state index in [1.807, 2.05) is 0 Å². The van der Waals surface area contributed by atoms with E-state index in [0.717, 1.165) is 44.9 Å². The largest absolute Gasteiger partial charge is 0.462 e. The van der Waals surface area contributed by atoms with Crippen molar-refractivity contribution in [3.05, 3.63) is 11.6 Å². The molecule has 0 heterocycles. The number of esters is 1. The number of rotatable bonds is 1. The Kier molecular flexibility index (Phi) is 3.71. The molecule has 4 rings (SSSR count). The predicted octanol–water partition coefficient (Wildman–Crippen LogP) is 4.45. The number of allylic oxidation sites excluding steroid dienone is 1. The zero-order valence-electron chi connectivity index (χ0n) is 15.3. The number of hydrogen-bond donors (Lipinski definition) is 0. The minimum atomic E-state index is -0.157. The molecule has 0 saturated heterocycles. The van der Waals surface area contributed by atoms with Crippen molar-refractivity contribution in [2.45, 2.75) is 78.2 Å². The second-order valence-electron chi connectivity index (χ2n) is 9.15. The predicted molar refractivity (Wildman–Crippen MR) is 92.3 cm³/mol. The molecule has 3 nitrogen and oxygen atoms in total. The summed E-state index contributed by atoms with van der Waals surface area (Å²) in [4.78, 5) is 23.7. The third-order valence-electron chi connectivity index (χ3n) is 8.10. The molecular weight excluding hydrogens is 300 g/mol. The Morgan fingerprint density at radius 1 is 1.12 bits per heavy atom. The minimum Gasteiger partial charge on any atom is -0.462 e. The fraction of sp³-hybridized carbons (Fsp3) is 0.810. The van der Waals surface area contributed by atoms with Gasteiger partial charge < -0.3 is 4.74 Å². The van der Waals surface area contributed by atoms with Gasteiger partial charge in [-0.15, -0.1) is 0 Å². The van der Waals surface area contributed by atoms with E-state index < -0.39 is 0 Å². The number of carbonyl (C=O) groups excluding carboxylic acids is 2. The van der Waals surface area contributed by atoms with Gasteiger partial charge >= 0.3 is 5.97 Å². The van der Waals surface area contributed by atoms with Gasteiger partial charge in [0.15, 0.2) is 0 Å². The fourth-order valence-corrected chi connectivity index (χ4v) is 6.73. The smallest absolute Gasteiger partial charge is 0.302 e. The maximum Gasteiger partial charge on any atom is 0.302 e. The summed E-state index contributed by atoms with van der Waals surface area (Å²) in [6.45, 7) is 6.19. The number of Topliss-reactive ketones (excluding diaryl/α,β-unsaturated/α-hetero) is 1. The van der Waals surface area contributed by atoms with Crippen LogP contribution in [-0.4, -0.2) is 17.9 Å². The maximum atomic E-state index is 12.4. The van der Waals surface area contributed by atoms with Gasteiger partial charge in [0, 0.05) is 25.2 Å². The topological polar surface area (TPSA) is 43.4 Å². The van der Waals surface area contributed by atoms with Crippen LogP contribution >= 0.6 is 0 Å². The highest BCUT2D eigenvalue weighted by Gasteiger charge is 2.58. The number of carbonyl (C=O) groups is 2. The molecule has 0 unspecified atom stereocenters. The first-order chi connectivity index (χ1) is 11.3. The van der Waals surface area contributed by atoms with E-state index in [2.05, 4.69) is 19.9 Å². The molecule has 3 heteroatoms. The molecule has 0 radical (unpaired) electrons. The molecule has 132 valence electrons. The summed E-state index contributed by atoms with van der Waals surface area (Å²) in [5.41, 5.74) is 1.74. The molecule has 3 saturated carbocycles. The van der Waals surface area contributed by atoms with E-state index in [-0.39, 0.29) is 22.9 Å². The SMILES string of the molecule is CC(=O)O[C@@H]1CC[C@@]2(C)C(=CC[C@@H]3[C@H]4CCC(=O)[C@@]4(C)CC[C@@H]32)C1. The van der Waals surface area contributed by atoms with E-state index >= 15 is 0 Å². The monoisotopic (exact) mass is 330 g/mol. The van der Waals surface area contributed by atoms with Crippen molar-refractivity contribution in [1.82, 2.24) is 0 Å². The first kappa shape index (κ1) is 16.4. The Balaban J connectivity index is 1.60. The maximum absolute atomic E-state index is 12.4. The van der Waals surface area contributed by atoms with Gasteiger partial charge in [-0.25, -0.2) is 0 Å². The molecule has 24 heavy (non-hydrogen) atoms. The highest BCUT2D eigenvalue weighted by atomic mass is 16.5. The molecule has 0 aromatic heterocycles. The average Bonchev–Trinajstić information content (AvgIpc) is 2.83. The lowest BCUT2D eigenvalue weighted by Gasteiger charge is -2.56. The lowest BCUT2D eigenvalue weighted by Crippen LogP contribution is -2.50. The summed E-state index contributed by atoms with van der Waals surface area (Å²) in [6, 6.07) is 0. The van der Waals surface area contributed by atoms with Crippen LogP contribution < -0.4 is 0 Å². The first-order valence-corrected chi connectivity index (χ1v) is 9.74. The summed E-state index contributed by atoms with van der Waals surface area (Å²) < 4.78 is 5.50. The fourth-order valence-electron chi connectivity index (χ4n) is 6.73. The van der Waals surface area contributed by atoms with Gasteiger partial charge in [0.05, 0.1) is 0 Å². The van der Waals surface area contributed by atoms with Crippen LogP contribution in [0.1, 0.15) is 72.1 Å². The van der Waals surface area contributed by atoms with Gasteiger partial charge in [-0.3, -0.25) is 9.59 Å². The average molecular weight is 330 g/mol. The van der Waals surface area contributed by atoms with Gasteiger partial charge in [0.25, 0.3) is 0 Å². The van der Waals surface area contributed by atoms with Crippen LogP contribution in [-0.2, 0) is 14.3 Å². The van der Waals surface area contributed by atoms with Crippen LogP contribution in [0.5, 0.6) is 0 Å². The van der Waals surface area contributed by atoms with Gasteiger partial charge in [0.2, 0.25) is 0 Å². The molecule has 0 amide bonds. The van der Waals surface area contributed by atoms with Crippen molar-refractivity contribution in [2.75, 3.05) is 0 Å². The van der Waals surface area contributed by atoms with Crippen molar-refractivity contribution in [3.8, 4) is 0 Å². The molecule has 0 aromatic carbocycles. The van der Waals surface area contributed by atoms with Crippen LogP contribution in [0.25, 0.3) is 0 Å². The molecular formula is C21H30O3. The number of hydrogen-bond acceptors (Lipinski definition) is 3. The van der Waals surface area contributed by atoms with Gasteiger partial charge in [-0.1, -0.05) is 25.5 Å². The Morgan fingerprint density at radius 2 is 1.83 bits per heavy atom. The van der Waals surface area contributed by atoms with Crippen molar-refractivity contribution < 1.29 is 14.3 Å². The quantitative estimate of drug-likeness (QED) is 0.527. The molecule has 4 aliphatic carbocycles. The Morgan fingerprint density at radius 3 is 2.58 bits per heavy atom. The number of ether oxygens (including phenoxy) is 1. The van der Waals surface area contributed by atoms with Gasteiger partial charge in [-0.2, -0.15) is 0 Å². The Hall–Kier alpha value is -1.12. The van der Waals surface area contributed by atoms with Crippen LogP contribution in [0.15, 0.2) is 11.6 Å². The Labute approximate surface area is 145 Å². The molecule has 0 bridgehead atoms. The van der Waals surface area contributed by atoms with Crippen LogP contribution in [0.3, 0.4) is 0 Å². The highest BCUT2D eigenvalue weighted by molar-refractivity contribution is 5.87. The van der Waals surface area contributed by atoms with Crippen LogP contribution in [0.2, 0.25) is 0 Å². The molecule has 0 aromatic rings. The van der Waals surface area contributed by atoms with E-state index in [0.29, 0.717) is 23.5 Å². The van der Waals surface area contributed by atoms with Crippen molar-refractivity contribution in [1.29, 1.82) is 0 Å². The lowest BCUT2D eigenvalue weighted by atomic mass is 9.48. The third-order valence-corrected chi connectivity index (χ3v) is 8.10. The van der Waals surface area contributed by atoms with Gasteiger partial charge in [-0.05, 0) is 61.7 Å². The highest BCUT2D eigenvalue weighted by Crippen LogP contribution is 2.64. The molecule has 0 aliphatic heterocycles. The van der Waals surface area contributed by atoms with Crippen molar-refractivity contribution >= 4 is 11.8 Å². The molecule has 4 aliphatic rings. The normalized spacial score (nSPS) is 47.3. The molecule has 6 atom stereocenters. The second-order valence-corrected chi connectivity index (χ2v) is 9.15. The summed E-state index contributed by atoms with van der Waals surface area (Å²) in [7, 11) is 0. The van der Waals surface area contributed by atoms with Crippen LogP contribution in [0, 0.1) is 28.6 Å². The van der Waals surface area contributed by atoms with E-state index in [9.17, 15) is 9.59 Å². The first-order valence-electron chi connectivity index (χ1n) is 9.74. The third kappa shape index (κ3) is 2.23. The zero-order chi connectivity index (χ0) is 17.1. The molecule has 0 N–H and O–H groups in total. The summed E-state index contributed by atoms with van der Waals surface area (Å²) in [6.07, 6.45) is 10.8. The summed E-state index contributed by atoms with van der Waals surface area (Å²) in [5.74, 6) is 2.33. The Bertz CT molecular complexity index is 606. The summed E-state index contributed by atoms with van der Waals surface area (Å²) >= 11 is 0. The summed E-state index contributed by atoms with van der Waals surface area (Å²) in [5, 5.41) is 0. The minimum absolute atomic E-state index is 0.0438. The molecule has 3 fully saturated rings. The zero-order valence-corrected chi connectivity index (χ0v) is 15.3. The van der Waals surface area contributed by atoms with E-state index in [1.165, 1.54) is 18.9 Å². The second kappa shape index (κ2) is 5.44. The van der Waals surface area contributed by atoms with Gasteiger partial charge in [0.1, 0.15) is 11.9 Å². The standard InChI is InChI=1S/C21H30O3/c1-13(22)24-15-8-10-20(2)14(12-15)4-5-16-17-6-7-19(23)21(17,3)11-9-18(16)20/h4,15-18H,5-12H2,1-3H3/t15-,16-,17-,18+,20+,21+/m1/s1. The van der Waals surface area contributed by atoms with Crippen LogP contribution in [0.4, 0.5) is 0 Å².